The largest absolute Gasteiger partial charge is 0.468 e. The van der Waals surface area contributed by atoms with Gasteiger partial charge in [-0.1, -0.05) is 25.4 Å². The highest BCUT2D eigenvalue weighted by molar-refractivity contribution is 7.92. The van der Waals surface area contributed by atoms with Crippen LogP contribution in [0.5, 0.6) is 0 Å². The Morgan fingerprint density at radius 3 is 2.22 bits per heavy atom. The topological polar surface area (TPSA) is 122 Å². The quantitative estimate of drug-likeness (QED) is 0.280. The summed E-state index contributed by atoms with van der Waals surface area (Å²) in [7, 11) is -2.77. The van der Waals surface area contributed by atoms with Crippen LogP contribution in [-0.2, 0) is 19.4 Å². The van der Waals surface area contributed by atoms with Crippen LogP contribution >= 0.6 is 11.6 Å². The van der Waals surface area contributed by atoms with Crippen molar-refractivity contribution in [2.24, 2.45) is 17.8 Å². The molecule has 2 aliphatic rings. The number of aliphatic hydroxyl groups is 1. The molecule has 0 heterocycles. The second-order valence-corrected chi connectivity index (χ2v) is 13.7. The Hall–Kier alpha value is -2.67. The summed E-state index contributed by atoms with van der Waals surface area (Å²) in [4.78, 5) is 24.7. The summed E-state index contributed by atoms with van der Waals surface area (Å²) in [6.07, 6.45) is 1.53. The maximum atomic E-state index is 13.8. The SMILES string of the molecule is COC(=O)[C@@H](NCC1(O)C2CCC1CC(S(=O)(=O)c1cc(C(=O)Nc3cc(F)c(F)c(F)c3)ccc1Cl)C2)C(C)C. The van der Waals surface area contributed by atoms with Gasteiger partial charge in [0.25, 0.3) is 5.91 Å². The highest BCUT2D eigenvalue weighted by Gasteiger charge is 2.55. The van der Waals surface area contributed by atoms with Crippen LogP contribution in [0.3, 0.4) is 0 Å². The molecule has 224 valence electrons. The van der Waals surface area contributed by atoms with E-state index in [2.05, 4.69) is 10.6 Å². The Labute approximate surface area is 241 Å². The summed E-state index contributed by atoms with van der Waals surface area (Å²) in [6, 6.07) is 4.18. The number of nitrogens with one attached hydrogen (secondary N) is 2. The van der Waals surface area contributed by atoms with E-state index in [0.29, 0.717) is 25.0 Å². The van der Waals surface area contributed by atoms with Gasteiger partial charge in [0.05, 0.1) is 27.9 Å². The number of rotatable bonds is 9. The van der Waals surface area contributed by atoms with Crippen LogP contribution in [-0.4, -0.2) is 55.9 Å². The van der Waals surface area contributed by atoms with E-state index in [0.717, 1.165) is 6.07 Å². The number of hydrogen-bond donors (Lipinski definition) is 3. The lowest BCUT2D eigenvalue weighted by atomic mass is 9.74. The van der Waals surface area contributed by atoms with Gasteiger partial charge in [0.15, 0.2) is 27.3 Å². The van der Waals surface area contributed by atoms with Crippen molar-refractivity contribution < 1.29 is 41.0 Å². The molecule has 4 rings (SSSR count). The molecular formula is C28H32ClF3N2O6S. The Bertz CT molecular complexity index is 1420. The minimum absolute atomic E-state index is 0.0897. The first-order valence-corrected chi connectivity index (χ1v) is 15.1. The number of sulfone groups is 1. The highest BCUT2D eigenvalue weighted by atomic mass is 35.5. The summed E-state index contributed by atoms with van der Waals surface area (Å²) in [5.74, 6) is -6.79. The molecule has 2 aromatic rings. The third kappa shape index (κ3) is 6.11. The summed E-state index contributed by atoms with van der Waals surface area (Å²) >= 11 is 6.27. The molecule has 1 amide bonds. The van der Waals surface area contributed by atoms with Crippen molar-refractivity contribution in [1.29, 1.82) is 0 Å². The second-order valence-electron chi connectivity index (χ2n) is 11.1. The monoisotopic (exact) mass is 616 g/mol. The van der Waals surface area contributed by atoms with E-state index in [4.69, 9.17) is 16.3 Å². The van der Waals surface area contributed by atoms with E-state index < -0.39 is 56.1 Å². The molecule has 2 aliphatic carbocycles. The number of ether oxygens (including phenoxy) is 1. The highest BCUT2D eigenvalue weighted by Crippen LogP contribution is 2.52. The average molecular weight is 617 g/mol. The molecule has 2 unspecified atom stereocenters. The van der Waals surface area contributed by atoms with Crippen molar-refractivity contribution in [3.05, 3.63) is 58.4 Å². The number of hydrogen-bond acceptors (Lipinski definition) is 7. The van der Waals surface area contributed by atoms with Gasteiger partial charge < -0.3 is 20.5 Å². The van der Waals surface area contributed by atoms with Crippen molar-refractivity contribution in [2.45, 2.75) is 61.3 Å². The number of esters is 1. The molecule has 3 N–H and O–H groups in total. The van der Waals surface area contributed by atoms with Gasteiger partial charge in [-0.15, -0.1) is 0 Å². The summed E-state index contributed by atoms with van der Waals surface area (Å²) in [5.41, 5.74) is -1.70. The van der Waals surface area contributed by atoms with Gasteiger partial charge in [-0.25, -0.2) is 21.6 Å². The first kappa shape index (κ1) is 31.3. The number of halogens is 4. The van der Waals surface area contributed by atoms with Crippen LogP contribution in [0.4, 0.5) is 18.9 Å². The lowest BCUT2D eigenvalue weighted by Gasteiger charge is -2.43. The molecule has 0 aromatic heterocycles. The zero-order chi connectivity index (χ0) is 30.3. The molecule has 41 heavy (non-hydrogen) atoms. The first-order valence-electron chi connectivity index (χ1n) is 13.2. The summed E-state index contributed by atoms with van der Waals surface area (Å²) in [6.45, 7) is 3.81. The third-order valence-electron chi connectivity index (χ3n) is 8.28. The fraction of sp³-hybridized carbons (Fsp3) is 0.500. The Kier molecular flexibility index (Phi) is 9.08. The molecular weight excluding hydrogens is 585 g/mol. The minimum atomic E-state index is -4.07. The van der Waals surface area contributed by atoms with Crippen LogP contribution in [0.15, 0.2) is 35.2 Å². The van der Waals surface area contributed by atoms with Crippen LogP contribution in [0, 0.1) is 35.2 Å². The second kappa shape index (κ2) is 11.9. The molecule has 8 nitrogen and oxygen atoms in total. The molecule has 2 aromatic carbocycles. The Morgan fingerprint density at radius 1 is 1.10 bits per heavy atom. The lowest BCUT2D eigenvalue weighted by Crippen LogP contribution is -2.57. The van der Waals surface area contributed by atoms with Gasteiger partial charge in [-0.05, 0) is 61.6 Å². The number of anilines is 1. The fourth-order valence-corrected chi connectivity index (χ4v) is 8.42. The maximum absolute atomic E-state index is 13.8. The van der Waals surface area contributed by atoms with Gasteiger partial charge in [0.1, 0.15) is 6.04 Å². The molecule has 3 atom stereocenters. The van der Waals surface area contributed by atoms with E-state index in [1.807, 2.05) is 13.8 Å². The van der Waals surface area contributed by atoms with Crippen molar-refractivity contribution in [2.75, 3.05) is 19.0 Å². The fourth-order valence-electron chi connectivity index (χ4n) is 6.02. The number of fused-ring (bicyclic) bond motifs is 2. The summed E-state index contributed by atoms with van der Waals surface area (Å²) in [5, 5.41) is 16.0. The minimum Gasteiger partial charge on any atom is -0.468 e. The van der Waals surface area contributed by atoms with Crippen molar-refractivity contribution >= 4 is 39.0 Å². The molecule has 2 fully saturated rings. The zero-order valence-electron chi connectivity index (χ0n) is 22.7. The molecule has 0 spiro atoms. The molecule has 0 aliphatic heterocycles. The van der Waals surface area contributed by atoms with Crippen LogP contribution in [0.2, 0.25) is 5.02 Å². The van der Waals surface area contributed by atoms with E-state index in [9.17, 15) is 36.3 Å². The van der Waals surface area contributed by atoms with Crippen molar-refractivity contribution in [1.82, 2.24) is 5.32 Å². The predicted octanol–water partition coefficient (Wildman–Crippen LogP) is 4.49. The molecule has 2 saturated carbocycles. The van der Waals surface area contributed by atoms with Gasteiger partial charge in [-0.3, -0.25) is 9.59 Å². The van der Waals surface area contributed by atoms with E-state index in [-0.39, 0.29) is 58.3 Å². The first-order chi connectivity index (χ1) is 19.2. The predicted molar refractivity (Wildman–Crippen MR) is 146 cm³/mol. The van der Waals surface area contributed by atoms with Crippen molar-refractivity contribution in [3.63, 3.8) is 0 Å². The average Bonchev–Trinajstić information content (AvgIpc) is 3.06. The molecule has 0 radical (unpaired) electrons. The number of carbonyl (C=O) groups excluding carboxylic acids is 2. The van der Waals surface area contributed by atoms with Crippen LogP contribution < -0.4 is 10.6 Å². The maximum Gasteiger partial charge on any atom is 0.323 e. The van der Waals surface area contributed by atoms with E-state index in [1.54, 1.807) is 0 Å². The lowest BCUT2D eigenvalue weighted by molar-refractivity contribution is -0.145. The number of carbonyl (C=O) groups is 2. The Morgan fingerprint density at radius 2 is 1.68 bits per heavy atom. The number of benzene rings is 2. The standard InChI is InChI=1S/C28H32ClF3N2O6S/c1-14(2)25(27(36)40-3)33-13-28(37)16-5-6-17(28)10-19(9-16)41(38,39)23-8-15(4-7-20(23)29)26(35)34-18-11-21(30)24(32)22(31)12-18/h4,7-8,11-12,14,16-17,19,25,33,37H,5-6,9-10,13H2,1-3H3,(H,34,35)/t16?,17?,19?,25-,28?/m0/s1. The molecule has 13 heteroatoms. The van der Waals surface area contributed by atoms with Gasteiger partial charge >= 0.3 is 5.97 Å². The van der Waals surface area contributed by atoms with Gasteiger partial charge in [0.2, 0.25) is 0 Å². The van der Waals surface area contributed by atoms with Crippen molar-refractivity contribution in [3.8, 4) is 0 Å². The number of amides is 1. The molecule has 2 bridgehead atoms. The molecule has 0 saturated heterocycles. The number of methoxy groups -OCH3 is 1. The third-order valence-corrected chi connectivity index (χ3v) is 10.9. The van der Waals surface area contributed by atoms with E-state index >= 15 is 0 Å². The summed E-state index contributed by atoms with van der Waals surface area (Å²) < 4.78 is 72.8. The normalized spacial score (nSPS) is 24.8. The van der Waals surface area contributed by atoms with E-state index in [1.165, 1.54) is 19.2 Å². The Balaban J connectivity index is 1.52. The van der Waals surface area contributed by atoms with Crippen LogP contribution in [0.25, 0.3) is 0 Å². The van der Waals surface area contributed by atoms with Gasteiger partial charge in [0, 0.05) is 29.9 Å². The van der Waals surface area contributed by atoms with Crippen LogP contribution in [0.1, 0.15) is 49.9 Å². The smallest absolute Gasteiger partial charge is 0.323 e. The van der Waals surface area contributed by atoms with Gasteiger partial charge in [-0.2, -0.15) is 0 Å². The zero-order valence-corrected chi connectivity index (χ0v) is 24.3.